The van der Waals surface area contributed by atoms with Gasteiger partial charge in [-0.3, -0.25) is 4.79 Å². The zero-order valence-electron chi connectivity index (χ0n) is 9.60. The van der Waals surface area contributed by atoms with Crippen molar-refractivity contribution in [2.24, 2.45) is 0 Å². The number of halogens is 1. The third-order valence-corrected chi connectivity index (χ3v) is 3.05. The third-order valence-electron chi connectivity index (χ3n) is 3.05. The lowest BCUT2D eigenvalue weighted by Crippen LogP contribution is -2.42. The molecule has 1 N–H and O–H groups in total. The van der Waals surface area contributed by atoms with Crippen molar-refractivity contribution in [2.45, 2.75) is 25.4 Å². The van der Waals surface area contributed by atoms with Crippen molar-refractivity contribution in [3.05, 3.63) is 35.6 Å². The Morgan fingerprint density at radius 2 is 2.24 bits per heavy atom. The highest BCUT2D eigenvalue weighted by Crippen LogP contribution is 2.13. The second kappa shape index (κ2) is 5.27. The Bertz CT molecular complexity index is 408. The van der Waals surface area contributed by atoms with Gasteiger partial charge in [-0.25, -0.2) is 4.39 Å². The normalized spacial score (nSPS) is 20.4. The largest absolute Gasteiger partial charge is 0.391 e. The van der Waals surface area contributed by atoms with Gasteiger partial charge in [0.1, 0.15) is 5.82 Å². The molecule has 2 rings (SSSR count). The maximum atomic E-state index is 13.4. The zero-order valence-corrected chi connectivity index (χ0v) is 9.60. The molecule has 1 atom stereocenters. The second-order valence-corrected chi connectivity index (χ2v) is 4.40. The van der Waals surface area contributed by atoms with Gasteiger partial charge in [0.05, 0.1) is 12.5 Å². The minimum atomic E-state index is -0.437. The van der Waals surface area contributed by atoms with Crippen LogP contribution in [0.1, 0.15) is 18.4 Å². The van der Waals surface area contributed by atoms with Crippen LogP contribution in [-0.4, -0.2) is 35.1 Å². The van der Waals surface area contributed by atoms with Crippen LogP contribution in [0.3, 0.4) is 0 Å². The van der Waals surface area contributed by atoms with E-state index in [1.165, 1.54) is 6.07 Å². The van der Waals surface area contributed by atoms with E-state index in [1.54, 1.807) is 23.1 Å². The van der Waals surface area contributed by atoms with Crippen LogP contribution in [0.4, 0.5) is 4.39 Å². The molecular weight excluding hydrogens is 221 g/mol. The molecule has 3 nitrogen and oxygen atoms in total. The maximum Gasteiger partial charge on any atom is 0.227 e. The van der Waals surface area contributed by atoms with E-state index in [-0.39, 0.29) is 18.1 Å². The van der Waals surface area contributed by atoms with Crippen LogP contribution in [0.25, 0.3) is 0 Å². The molecule has 1 heterocycles. The lowest BCUT2D eigenvalue weighted by molar-refractivity contribution is -0.133. The smallest absolute Gasteiger partial charge is 0.227 e. The molecule has 1 aromatic carbocycles. The Balaban J connectivity index is 1.99. The van der Waals surface area contributed by atoms with Crippen LogP contribution in [-0.2, 0) is 11.2 Å². The molecule has 1 aliphatic rings. The summed E-state index contributed by atoms with van der Waals surface area (Å²) in [6, 6.07) is 6.30. The first-order valence-electron chi connectivity index (χ1n) is 5.86. The molecular formula is C13H16FNO2. The van der Waals surface area contributed by atoms with E-state index in [0.717, 1.165) is 12.8 Å². The molecule has 1 aromatic rings. The molecule has 0 unspecified atom stereocenters. The van der Waals surface area contributed by atoms with Gasteiger partial charge >= 0.3 is 0 Å². The second-order valence-electron chi connectivity index (χ2n) is 4.40. The summed E-state index contributed by atoms with van der Waals surface area (Å²) in [4.78, 5) is 13.5. The Morgan fingerprint density at radius 1 is 1.47 bits per heavy atom. The van der Waals surface area contributed by atoms with Crippen LogP contribution >= 0.6 is 0 Å². The molecule has 1 saturated heterocycles. The molecule has 0 aromatic heterocycles. The van der Waals surface area contributed by atoms with E-state index in [1.807, 2.05) is 0 Å². The van der Waals surface area contributed by atoms with Crippen LogP contribution < -0.4 is 0 Å². The molecule has 0 saturated carbocycles. The number of β-amino-alcohol motifs (C(OH)–C–C–N with tert-alkyl or cyclic N) is 1. The SMILES string of the molecule is O=C(Cc1ccccc1F)N1CCC[C@@H](O)C1. The number of likely N-dealkylation sites (tertiary alicyclic amines) is 1. The first-order chi connectivity index (χ1) is 8.16. The number of rotatable bonds is 2. The number of carbonyl (C=O) groups is 1. The fourth-order valence-corrected chi connectivity index (χ4v) is 2.10. The van der Waals surface area contributed by atoms with Gasteiger partial charge in [-0.1, -0.05) is 18.2 Å². The predicted octanol–water partition coefficient (Wildman–Crippen LogP) is 1.35. The Hall–Kier alpha value is -1.42. The highest BCUT2D eigenvalue weighted by atomic mass is 19.1. The molecule has 1 aliphatic heterocycles. The van der Waals surface area contributed by atoms with E-state index in [9.17, 15) is 14.3 Å². The van der Waals surface area contributed by atoms with Crippen LogP contribution in [0.15, 0.2) is 24.3 Å². The third kappa shape index (κ3) is 3.03. The van der Waals surface area contributed by atoms with E-state index < -0.39 is 6.10 Å². The topological polar surface area (TPSA) is 40.5 Å². The predicted molar refractivity (Wildman–Crippen MR) is 61.9 cm³/mol. The van der Waals surface area contributed by atoms with Crippen molar-refractivity contribution in [2.75, 3.05) is 13.1 Å². The lowest BCUT2D eigenvalue weighted by atomic mass is 10.1. The number of piperidine rings is 1. The van der Waals surface area contributed by atoms with Gasteiger partial charge in [0.25, 0.3) is 0 Å². The molecule has 4 heteroatoms. The van der Waals surface area contributed by atoms with E-state index in [0.29, 0.717) is 18.7 Å². The number of hydrogen-bond acceptors (Lipinski definition) is 2. The number of nitrogens with zero attached hydrogens (tertiary/aromatic N) is 1. The fourth-order valence-electron chi connectivity index (χ4n) is 2.10. The summed E-state index contributed by atoms with van der Waals surface area (Å²) in [5.41, 5.74) is 0.414. The highest BCUT2D eigenvalue weighted by molar-refractivity contribution is 5.79. The first kappa shape index (κ1) is 12.0. The zero-order chi connectivity index (χ0) is 12.3. The molecule has 0 spiro atoms. The summed E-state index contributed by atoms with van der Waals surface area (Å²) < 4.78 is 13.4. The Morgan fingerprint density at radius 3 is 2.94 bits per heavy atom. The first-order valence-corrected chi connectivity index (χ1v) is 5.86. The van der Waals surface area contributed by atoms with Crippen LogP contribution in [0, 0.1) is 5.82 Å². The summed E-state index contributed by atoms with van der Waals surface area (Å²) in [6.45, 7) is 1.03. The summed E-state index contributed by atoms with van der Waals surface area (Å²) in [5, 5.41) is 9.48. The molecule has 1 amide bonds. The van der Waals surface area contributed by atoms with E-state index >= 15 is 0 Å². The summed E-state index contributed by atoms with van der Waals surface area (Å²) >= 11 is 0. The standard InChI is InChI=1S/C13H16FNO2/c14-12-6-2-1-4-10(12)8-13(17)15-7-3-5-11(16)9-15/h1-2,4,6,11,16H,3,5,7-9H2/t11-/m1/s1. The monoisotopic (exact) mass is 237 g/mol. The van der Waals surface area contributed by atoms with E-state index in [4.69, 9.17) is 0 Å². The van der Waals surface area contributed by atoms with Gasteiger partial charge in [-0.2, -0.15) is 0 Å². The van der Waals surface area contributed by atoms with Crippen molar-refractivity contribution in [3.63, 3.8) is 0 Å². The maximum absolute atomic E-state index is 13.4. The van der Waals surface area contributed by atoms with Crippen molar-refractivity contribution < 1.29 is 14.3 Å². The van der Waals surface area contributed by atoms with Crippen molar-refractivity contribution in [1.82, 2.24) is 4.90 Å². The highest BCUT2D eigenvalue weighted by Gasteiger charge is 2.22. The minimum absolute atomic E-state index is 0.0688. The van der Waals surface area contributed by atoms with Crippen LogP contribution in [0.5, 0.6) is 0 Å². The lowest BCUT2D eigenvalue weighted by Gasteiger charge is -2.30. The van der Waals surface area contributed by atoms with Gasteiger partial charge in [-0.05, 0) is 24.5 Å². The number of hydrogen-bond donors (Lipinski definition) is 1. The molecule has 92 valence electrons. The number of aliphatic hydroxyl groups is 1. The van der Waals surface area contributed by atoms with E-state index in [2.05, 4.69) is 0 Å². The van der Waals surface area contributed by atoms with Gasteiger partial charge in [-0.15, -0.1) is 0 Å². The average molecular weight is 237 g/mol. The van der Waals surface area contributed by atoms with Crippen molar-refractivity contribution in [3.8, 4) is 0 Å². The molecule has 0 radical (unpaired) electrons. The van der Waals surface area contributed by atoms with Gasteiger partial charge in [0.15, 0.2) is 0 Å². The summed E-state index contributed by atoms with van der Waals surface area (Å²) in [6.07, 6.45) is 1.18. The number of benzene rings is 1. The average Bonchev–Trinajstić information content (AvgIpc) is 2.32. The van der Waals surface area contributed by atoms with Crippen molar-refractivity contribution in [1.29, 1.82) is 0 Å². The van der Waals surface area contributed by atoms with Gasteiger partial charge < -0.3 is 10.0 Å². The summed E-state index contributed by atoms with van der Waals surface area (Å²) in [5.74, 6) is -0.466. The fraction of sp³-hybridized carbons (Fsp3) is 0.462. The minimum Gasteiger partial charge on any atom is -0.391 e. The number of aliphatic hydroxyl groups excluding tert-OH is 1. The van der Waals surface area contributed by atoms with Crippen molar-refractivity contribution >= 4 is 5.91 Å². The van der Waals surface area contributed by atoms with Gasteiger partial charge in [0.2, 0.25) is 5.91 Å². The van der Waals surface area contributed by atoms with Crippen LogP contribution in [0.2, 0.25) is 0 Å². The van der Waals surface area contributed by atoms with Gasteiger partial charge in [0, 0.05) is 13.1 Å². The summed E-state index contributed by atoms with van der Waals surface area (Å²) in [7, 11) is 0. The quantitative estimate of drug-likeness (QED) is 0.843. The molecule has 0 bridgehead atoms. The molecule has 0 aliphatic carbocycles. The molecule has 17 heavy (non-hydrogen) atoms. The Labute approximate surface area is 99.9 Å². The molecule has 1 fully saturated rings. The number of carbonyl (C=O) groups excluding carboxylic acids is 1. The number of amides is 1. The Kier molecular flexibility index (Phi) is 3.74.